The Kier molecular flexibility index (Phi) is 2.27. The Morgan fingerprint density at radius 2 is 2.00 bits per heavy atom. The summed E-state index contributed by atoms with van der Waals surface area (Å²) >= 11 is 0. The van der Waals surface area contributed by atoms with Crippen molar-refractivity contribution in [2.24, 2.45) is 0 Å². The lowest BCUT2D eigenvalue weighted by atomic mass is 10.1. The fraction of sp³-hybridized carbons (Fsp3) is 0.100. The van der Waals surface area contributed by atoms with Crippen LogP contribution in [0.1, 0.15) is 16.1 Å². The molecule has 2 rings (SSSR count). The third-order valence-electron chi connectivity index (χ3n) is 2.25. The van der Waals surface area contributed by atoms with Crippen LogP contribution < -0.4 is 5.73 Å². The van der Waals surface area contributed by atoms with Crippen molar-refractivity contribution in [3.05, 3.63) is 29.5 Å². The van der Waals surface area contributed by atoms with Gasteiger partial charge in [-0.3, -0.25) is 0 Å². The lowest BCUT2D eigenvalue weighted by Crippen LogP contribution is -2.03. The lowest BCUT2D eigenvalue weighted by molar-refractivity contribution is -0.137. The number of furan rings is 1. The largest absolute Gasteiger partial charge is 0.475 e. The highest BCUT2D eigenvalue weighted by Crippen LogP contribution is 2.35. The predicted molar refractivity (Wildman–Crippen MR) is 52.6 cm³/mol. The van der Waals surface area contributed by atoms with E-state index in [-0.39, 0.29) is 16.7 Å². The monoisotopic (exact) mass is 245 g/mol. The van der Waals surface area contributed by atoms with Crippen molar-refractivity contribution >= 4 is 22.6 Å². The number of nitrogen functional groups attached to an aromatic ring is 1. The topological polar surface area (TPSA) is 76.5 Å². The van der Waals surface area contributed by atoms with Crippen molar-refractivity contribution in [3.63, 3.8) is 0 Å². The molecule has 0 radical (unpaired) electrons. The van der Waals surface area contributed by atoms with Crippen LogP contribution in [0.25, 0.3) is 11.0 Å². The Balaban J connectivity index is 2.68. The molecule has 0 aliphatic heterocycles. The average Bonchev–Trinajstić information content (AvgIpc) is 2.54. The number of rotatable bonds is 1. The number of hydrogen-bond donors (Lipinski definition) is 2. The minimum Gasteiger partial charge on any atom is -0.475 e. The van der Waals surface area contributed by atoms with E-state index in [1.54, 1.807) is 0 Å². The molecule has 0 atom stereocenters. The summed E-state index contributed by atoms with van der Waals surface area (Å²) in [5, 5.41) is 8.85. The molecule has 0 bridgehead atoms. The maximum atomic E-state index is 12.4. The standard InChI is InChI=1S/C10H6F3NO3/c11-10(12,13)4-1-2-5-6(3-4)17-8(7(5)14)9(15)16/h1-3H,14H2,(H,15,16). The van der Waals surface area contributed by atoms with Crippen LogP contribution in [0.2, 0.25) is 0 Å². The Labute approximate surface area is 92.4 Å². The van der Waals surface area contributed by atoms with E-state index >= 15 is 0 Å². The zero-order valence-corrected chi connectivity index (χ0v) is 8.21. The quantitative estimate of drug-likeness (QED) is 0.809. The second kappa shape index (κ2) is 3.41. The van der Waals surface area contributed by atoms with E-state index in [0.29, 0.717) is 0 Å². The van der Waals surface area contributed by atoms with Gasteiger partial charge in [-0.2, -0.15) is 13.2 Å². The van der Waals surface area contributed by atoms with Gasteiger partial charge in [0.1, 0.15) is 5.58 Å². The first-order valence-corrected chi connectivity index (χ1v) is 4.43. The summed E-state index contributed by atoms with van der Waals surface area (Å²) in [4.78, 5) is 10.7. The second-order valence-electron chi connectivity index (χ2n) is 3.36. The number of carboxylic acids is 1. The van der Waals surface area contributed by atoms with Gasteiger partial charge in [0.05, 0.1) is 11.3 Å². The van der Waals surface area contributed by atoms with E-state index in [1.807, 2.05) is 0 Å². The van der Waals surface area contributed by atoms with Gasteiger partial charge in [-0.25, -0.2) is 4.79 Å². The fourth-order valence-corrected chi connectivity index (χ4v) is 1.45. The van der Waals surface area contributed by atoms with Crippen LogP contribution in [0, 0.1) is 0 Å². The predicted octanol–water partition coefficient (Wildman–Crippen LogP) is 2.73. The van der Waals surface area contributed by atoms with Crippen molar-refractivity contribution in [1.82, 2.24) is 0 Å². The van der Waals surface area contributed by atoms with Crippen molar-refractivity contribution in [1.29, 1.82) is 0 Å². The molecule has 0 aliphatic carbocycles. The van der Waals surface area contributed by atoms with Gasteiger partial charge in [-0.05, 0) is 18.2 Å². The Morgan fingerprint density at radius 1 is 1.35 bits per heavy atom. The fourth-order valence-electron chi connectivity index (χ4n) is 1.45. The smallest absolute Gasteiger partial charge is 0.416 e. The average molecular weight is 245 g/mol. The number of fused-ring (bicyclic) bond motifs is 1. The SMILES string of the molecule is Nc1c(C(=O)O)oc2cc(C(F)(F)F)ccc12. The van der Waals surface area contributed by atoms with E-state index in [1.165, 1.54) is 0 Å². The highest BCUT2D eigenvalue weighted by Gasteiger charge is 2.31. The molecular formula is C10H6F3NO3. The summed E-state index contributed by atoms with van der Waals surface area (Å²) in [6.07, 6.45) is -4.51. The van der Waals surface area contributed by atoms with Gasteiger partial charge < -0.3 is 15.3 Å². The Morgan fingerprint density at radius 3 is 2.53 bits per heavy atom. The minimum absolute atomic E-state index is 0.149. The first kappa shape index (κ1) is 11.3. The number of carbonyl (C=O) groups is 1. The third kappa shape index (κ3) is 1.79. The number of benzene rings is 1. The second-order valence-corrected chi connectivity index (χ2v) is 3.36. The number of halogens is 3. The summed E-state index contributed by atoms with van der Waals surface area (Å²) < 4.78 is 41.9. The summed E-state index contributed by atoms with van der Waals surface area (Å²) in [7, 11) is 0. The van der Waals surface area contributed by atoms with Gasteiger partial charge in [0.25, 0.3) is 0 Å². The molecule has 0 saturated carbocycles. The molecule has 0 fully saturated rings. The van der Waals surface area contributed by atoms with Crippen LogP contribution in [0.4, 0.5) is 18.9 Å². The van der Waals surface area contributed by atoms with Crippen molar-refractivity contribution in [2.75, 3.05) is 5.73 Å². The molecule has 0 amide bonds. The molecule has 0 saturated heterocycles. The van der Waals surface area contributed by atoms with Crippen LogP contribution in [0.3, 0.4) is 0 Å². The van der Waals surface area contributed by atoms with Crippen LogP contribution in [-0.2, 0) is 6.18 Å². The zero-order valence-electron chi connectivity index (χ0n) is 8.21. The van der Waals surface area contributed by atoms with Gasteiger partial charge in [0.2, 0.25) is 5.76 Å². The summed E-state index contributed by atoms with van der Waals surface area (Å²) in [6, 6.07) is 2.63. The van der Waals surface area contributed by atoms with E-state index < -0.39 is 23.5 Å². The molecule has 1 heterocycles. The lowest BCUT2D eigenvalue weighted by Gasteiger charge is -2.05. The normalized spacial score (nSPS) is 11.9. The van der Waals surface area contributed by atoms with Crippen molar-refractivity contribution < 1.29 is 27.5 Å². The molecule has 90 valence electrons. The van der Waals surface area contributed by atoms with Gasteiger partial charge in [-0.15, -0.1) is 0 Å². The molecule has 17 heavy (non-hydrogen) atoms. The number of aromatic carboxylic acids is 1. The molecule has 0 spiro atoms. The highest BCUT2D eigenvalue weighted by atomic mass is 19.4. The minimum atomic E-state index is -4.51. The van der Waals surface area contributed by atoms with Crippen molar-refractivity contribution in [2.45, 2.75) is 6.18 Å². The third-order valence-corrected chi connectivity index (χ3v) is 2.25. The van der Waals surface area contributed by atoms with E-state index in [4.69, 9.17) is 15.3 Å². The number of hydrogen-bond acceptors (Lipinski definition) is 3. The summed E-state index contributed by atoms with van der Waals surface area (Å²) in [5.41, 5.74) is 4.14. The van der Waals surface area contributed by atoms with Gasteiger partial charge in [-0.1, -0.05) is 0 Å². The summed E-state index contributed by atoms with van der Waals surface area (Å²) in [5.74, 6) is -1.98. The maximum absolute atomic E-state index is 12.4. The number of carboxylic acid groups (broad SMARTS) is 1. The number of nitrogens with two attached hydrogens (primary N) is 1. The molecule has 0 unspecified atom stereocenters. The Bertz CT molecular complexity index is 601. The van der Waals surface area contributed by atoms with Crippen molar-refractivity contribution in [3.8, 4) is 0 Å². The van der Waals surface area contributed by atoms with Crippen LogP contribution >= 0.6 is 0 Å². The number of anilines is 1. The maximum Gasteiger partial charge on any atom is 0.416 e. The first-order valence-electron chi connectivity index (χ1n) is 4.43. The zero-order chi connectivity index (χ0) is 12.8. The molecule has 3 N–H and O–H groups in total. The molecule has 1 aromatic carbocycles. The van der Waals surface area contributed by atoms with Gasteiger partial charge >= 0.3 is 12.1 Å². The molecule has 2 aromatic rings. The van der Waals surface area contributed by atoms with E-state index in [2.05, 4.69) is 0 Å². The van der Waals surface area contributed by atoms with Crippen LogP contribution in [0.15, 0.2) is 22.6 Å². The molecule has 7 heteroatoms. The molecular weight excluding hydrogens is 239 g/mol. The van der Waals surface area contributed by atoms with E-state index in [0.717, 1.165) is 18.2 Å². The Hall–Kier alpha value is -2.18. The van der Waals surface area contributed by atoms with Gasteiger partial charge in [0, 0.05) is 5.39 Å². The summed E-state index contributed by atoms with van der Waals surface area (Å²) in [6.45, 7) is 0. The van der Waals surface area contributed by atoms with Gasteiger partial charge in [0.15, 0.2) is 0 Å². The molecule has 4 nitrogen and oxygen atoms in total. The molecule has 1 aromatic heterocycles. The number of alkyl halides is 3. The van der Waals surface area contributed by atoms with Crippen LogP contribution in [0.5, 0.6) is 0 Å². The highest BCUT2D eigenvalue weighted by molar-refractivity contribution is 6.02. The van der Waals surface area contributed by atoms with E-state index in [9.17, 15) is 18.0 Å². The van der Waals surface area contributed by atoms with Crippen LogP contribution in [-0.4, -0.2) is 11.1 Å². The molecule has 0 aliphatic rings. The first-order chi connectivity index (χ1) is 7.80.